The van der Waals surface area contributed by atoms with Crippen LogP contribution < -0.4 is 0 Å². The topological polar surface area (TPSA) is 72.3 Å². The molecular formula is C22H26N6. The summed E-state index contributed by atoms with van der Waals surface area (Å²) in [5.74, 6) is 3.59. The molecule has 0 saturated heterocycles. The highest BCUT2D eigenvalue weighted by Gasteiger charge is 2.60. The van der Waals surface area contributed by atoms with Gasteiger partial charge < -0.3 is 0 Å². The third-order valence-electron chi connectivity index (χ3n) is 7.43. The fourth-order valence-electron chi connectivity index (χ4n) is 6.75. The molecule has 4 bridgehead atoms. The molecule has 3 aromatic rings. The van der Waals surface area contributed by atoms with Crippen LogP contribution in [0.2, 0.25) is 0 Å². The van der Waals surface area contributed by atoms with Gasteiger partial charge in [0.05, 0.1) is 5.54 Å². The first-order chi connectivity index (χ1) is 13.7. The van der Waals surface area contributed by atoms with E-state index < -0.39 is 0 Å². The number of hydrogen-bond donors (Lipinski definition) is 1. The van der Waals surface area contributed by atoms with Crippen LogP contribution in [0.1, 0.15) is 55.7 Å². The van der Waals surface area contributed by atoms with Crippen LogP contribution in [0.4, 0.5) is 0 Å². The fourth-order valence-corrected chi connectivity index (χ4v) is 6.75. The molecule has 144 valence electrons. The Morgan fingerprint density at radius 1 is 1.04 bits per heavy atom. The first-order valence-electron chi connectivity index (χ1n) is 10.5. The Bertz CT molecular complexity index is 946. The molecule has 2 aromatic heterocycles. The monoisotopic (exact) mass is 374 g/mol. The molecule has 0 aliphatic heterocycles. The Kier molecular flexibility index (Phi) is 3.52. The van der Waals surface area contributed by atoms with E-state index in [2.05, 4.69) is 50.2 Å². The van der Waals surface area contributed by atoms with E-state index in [0.29, 0.717) is 0 Å². The molecule has 0 radical (unpaired) electrons. The molecule has 6 nitrogen and oxygen atoms in total. The summed E-state index contributed by atoms with van der Waals surface area (Å²) >= 11 is 0. The smallest absolute Gasteiger partial charge is 0.156 e. The molecule has 1 N–H and O–H groups in total. The van der Waals surface area contributed by atoms with E-state index >= 15 is 0 Å². The van der Waals surface area contributed by atoms with Gasteiger partial charge in [0.15, 0.2) is 5.82 Å². The zero-order valence-electron chi connectivity index (χ0n) is 16.1. The van der Waals surface area contributed by atoms with Crippen LogP contribution in [0.3, 0.4) is 0 Å². The number of nitrogens with zero attached hydrogens (tertiary/aromatic N) is 5. The Morgan fingerprint density at radius 3 is 2.61 bits per heavy atom. The molecular weight excluding hydrogens is 348 g/mol. The third kappa shape index (κ3) is 2.54. The third-order valence-corrected chi connectivity index (χ3v) is 7.43. The normalized spacial score (nSPS) is 33.4. The molecule has 6 heteroatoms. The minimum absolute atomic E-state index is 0.109. The fraction of sp³-hybridized carbons (Fsp3) is 0.545. The van der Waals surface area contributed by atoms with E-state index in [1.807, 2.05) is 6.33 Å². The predicted molar refractivity (Wildman–Crippen MR) is 105 cm³/mol. The van der Waals surface area contributed by atoms with Gasteiger partial charge in [-0.3, -0.25) is 5.10 Å². The Morgan fingerprint density at radius 2 is 1.86 bits per heavy atom. The number of aromatic amines is 1. The largest absolute Gasteiger partial charge is 0.263 e. The summed E-state index contributed by atoms with van der Waals surface area (Å²) in [4.78, 5) is 9.26. The van der Waals surface area contributed by atoms with Crippen molar-refractivity contribution in [3.8, 4) is 0 Å². The van der Waals surface area contributed by atoms with E-state index in [-0.39, 0.29) is 11.0 Å². The number of aromatic nitrogens is 6. The van der Waals surface area contributed by atoms with Crippen molar-refractivity contribution in [2.45, 2.75) is 62.3 Å². The summed E-state index contributed by atoms with van der Waals surface area (Å²) in [6, 6.07) is 10.6. The summed E-state index contributed by atoms with van der Waals surface area (Å²) < 4.78 is 2.15. The molecule has 28 heavy (non-hydrogen) atoms. The standard InChI is InChI=1S/C22H26N6/c1-2-4-16(5-3-1)6-7-19-25-20(27-26-19)21-9-17-8-18(10-21)12-22(11-17,13-21)28-15-23-14-24-28/h1-5,14-15,17-18H,6-13H2,(H,25,26,27)/t17-,18-,21?,22?/m1/s1. The summed E-state index contributed by atoms with van der Waals surface area (Å²) in [6.07, 6.45) is 12.9. The second kappa shape index (κ2) is 6.00. The van der Waals surface area contributed by atoms with Gasteiger partial charge in [0.1, 0.15) is 18.5 Å². The van der Waals surface area contributed by atoms with Crippen LogP contribution in [0.5, 0.6) is 0 Å². The van der Waals surface area contributed by atoms with Gasteiger partial charge >= 0.3 is 0 Å². The average molecular weight is 374 g/mol. The molecule has 4 fully saturated rings. The van der Waals surface area contributed by atoms with Crippen molar-refractivity contribution >= 4 is 0 Å². The highest BCUT2D eigenvalue weighted by atomic mass is 15.4. The van der Waals surface area contributed by atoms with Gasteiger partial charge in [0.25, 0.3) is 0 Å². The molecule has 4 aliphatic carbocycles. The molecule has 4 saturated carbocycles. The molecule has 0 spiro atoms. The quantitative estimate of drug-likeness (QED) is 0.743. The Labute approximate surface area is 164 Å². The van der Waals surface area contributed by atoms with Gasteiger partial charge in [0.2, 0.25) is 0 Å². The predicted octanol–water partition coefficient (Wildman–Crippen LogP) is 3.43. The Hall–Kier alpha value is -2.50. The maximum absolute atomic E-state index is 5.02. The highest BCUT2D eigenvalue weighted by Crippen LogP contribution is 2.64. The second-order valence-electron chi connectivity index (χ2n) is 9.40. The maximum Gasteiger partial charge on any atom is 0.156 e. The lowest BCUT2D eigenvalue weighted by Crippen LogP contribution is -2.58. The number of hydrogen-bond acceptors (Lipinski definition) is 4. The van der Waals surface area contributed by atoms with Crippen molar-refractivity contribution < 1.29 is 0 Å². The summed E-state index contributed by atoms with van der Waals surface area (Å²) in [5, 5.41) is 12.6. The second-order valence-corrected chi connectivity index (χ2v) is 9.40. The molecule has 2 atom stereocenters. The van der Waals surface area contributed by atoms with Crippen LogP contribution in [-0.4, -0.2) is 29.9 Å². The van der Waals surface area contributed by atoms with Crippen LogP contribution >= 0.6 is 0 Å². The highest BCUT2D eigenvalue weighted by molar-refractivity contribution is 5.22. The number of rotatable bonds is 5. The van der Waals surface area contributed by atoms with Gasteiger partial charge in [-0.1, -0.05) is 30.3 Å². The summed E-state index contributed by atoms with van der Waals surface area (Å²) in [5.41, 5.74) is 1.57. The zero-order chi connectivity index (χ0) is 18.6. The lowest BCUT2D eigenvalue weighted by Gasteiger charge is -2.60. The number of aryl methyl sites for hydroxylation is 2. The molecule has 0 unspecified atom stereocenters. The van der Waals surface area contributed by atoms with Crippen molar-refractivity contribution in [1.29, 1.82) is 0 Å². The van der Waals surface area contributed by atoms with Crippen LogP contribution in [0.15, 0.2) is 43.0 Å². The van der Waals surface area contributed by atoms with E-state index in [9.17, 15) is 0 Å². The van der Waals surface area contributed by atoms with E-state index in [1.54, 1.807) is 6.33 Å². The first kappa shape index (κ1) is 16.5. The average Bonchev–Trinajstić information content (AvgIpc) is 3.39. The van der Waals surface area contributed by atoms with Crippen molar-refractivity contribution in [2.75, 3.05) is 0 Å². The summed E-state index contributed by atoms with van der Waals surface area (Å²) in [7, 11) is 0. The van der Waals surface area contributed by atoms with Crippen molar-refractivity contribution in [3.63, 3.8) is 0 Å². The number of benzene rings is 1. The van der Waals surface area contributed by atoms with Gasteiger partial charge in [-0.25, -0.2) is 14.6 Å². The van der Waals surface area contributed by atoms with E-state index in [4.69, 9.17) is 10.1 Å². The minimum Gasteiger partial charge on any atom is -0.263 e. The van der Waals surface area contributed by atoms with Crippen LogP contribution in [0.25, 0.3) is 0 Å². The number of H-pyrrole nitrogens is 1. The lowest BCUT2D eigenvalue weighted by molar-refractivity contribution is -0.0715. The van der Waals surface area contributed by atoms with E-state index in [0.717, 1.165) is 42.7 Å². The Balaban J connectivity index is 1.28. The maximum atomic E-state index is 5.02. The zero-order valence-corrected chi connectivity index (χ0v) is 16.1. The molecule has 2 heterocycles. The molecule has 0 amide bonds. The number of nitrogens with one attached hydrogen (secondary N) is 1. The van der Waals surface area contributed by atoms with Gasteiger partial charge in [-0.2, -0.15) is 10.2 Å². The van der Waals surface area contributed by atoms with Crippen LogP contribution in [-0.2, 0) is 23.8 Å². The molecule has 7 rings (SSSR count). The van der Waals surface area contributed by atoms with Gasteiger partial charge in [0, 0.05) is 11.8 Å². The summed E-state index contributed by atoms with van der Waals surface area (Å²) in [6.45, 7) is 0. The molecule has 4 aliphatic rings. The molecule has 1 aromatic carbocycles. The van der Waals surface area contributed by atoms with Crippen molar-refractivity contribution in [2.24, 2.45) is 11.8 Å². The lowest BCUT2D eigenvalue weighted by atomic mass is 9.46. The minimum atomic E-state index is 0.109. The van der Waals surface area contributed by atoms with E-state index in [1.165, 1.54) is 37.7 Å². The van der Waals surface area contributed by atoms with Gasteiger partial charge in [-0.05, 0) is 62.3 Å². The van der Waals surface area contributed by atoms with Gasteiger partial charge in [-0.15, -0.1) is 0 Å². The SMILES string of the molecule is c1ccc(CCc2nc(C34C[C@H]5C[C@H](C3)CC(n3cncn3)(C5)C4)n[nH]2)cc1. The first-order valence-corrected chi connectivity index (χ1v) is 10.5. The van der Waals surface area contributed by atoms with Crippen molar-refractivity contribution in [1.82, 2.24) is 29.9 Å². The van der Waals surface area contributed by atoms with Crippen molar-refractivity contribution in [3.05, 3.63) is 60.2 Å². The van der Waals surface area contributed by atoms with Crippen LogP contribution in [0, 0.1) is 11.8 Å².